The summed E-state index contributed by atoms with van der Waals surface area (Å²) in [6.45, 7) is 4.05. The standard InChI is InChI=1S/C20H23N5O2/c1-13(2)25-20(27)16-10-6-5-9-15(16)17(23-25)19(26)22-12-14-8-7-11-21-18(14)24(3)4/h5-11,13H,12H2,1-4H3,(H,22,26). The van der Waals surface area contributed by atoms with E-state index in [0.717, 1.165) is 11.4 Å². The number of hydrogen-bond acceptors (Lipinski definition) is 5. The lowest BCUT2D eigenvalue weighted by Crippen LogP contribution is -2.31. The van der Waals surface area contributed by atoms with Crippen molar-refractivity contribution in [2.45, 2.75) is 26.4 Å². The average Bonchev–Trinajstić information content (AvgIpc) is 2.66. The molecule has 140 valence electrons. The molecule has 27 heavy (non-hydrogen) atoms. The number of carbonyl (C=O) groups excluding carboxylic acids is 1. The zero-order valence-corrected chi connectivity index (χ0v) is 15.9. The highest BCUT2D eigenvalue weighted by Gasteiger charge is 2.18. The van der Waals surface area contributed by atoms with Crippen LogP contribution in [0.5, 0.6) is 0 Å². The first-order valence-electron chi connectivity index (χ1n) is 8.81. The Balaban J connectivity index is 1.97. The van der Waals surface area contributed by atoms with E-state index in [1.165, 1.54) is 4.68 Å². The SMILES string of the molecule is CC(C)n1nc(C(=O)NCc2cccnc2N(C)C)c2ccccc2c1=O. The molecule has 0 aliphatic heterocycles. The van der Waals surface area contributed by atoms with Gasteiger partial charge in [-0.15, -0.1) is 0 Å². The molecule has 3 rings (SSSR count). The Bertz CT molecular complexity index is 1040. The van der Waals surface area contributed by atoms with Crippen molar-refractivity contribution < 1.29 is 4.79 Å². The summed E-state index contributed by atoms with van der Waals surface area (Å²) < 4.78 is 1.35. The third kappa shape index (κ3) is 3.67. The zero-order chi connectivity index (χ0) is 19.6. The van der Waals surface area contributed by atoms with Crippen LogP contribution < -0.4 is 15.8 Å². The van der Waals surface area contributed by atoms with Gasteiger partial charge in [0.25, 0.3) is 11.5 Å². The highest BCUT2D eigenvalue weighted by atomic mass is 16.2. The van der Waals surface area contributed by atoms with Crippen molar-refractivity contribution in [1.82, 2.24) is 20.1 Å². The van der Waals surface area contributed by atoms with Gasteiger partial charge in [-0.25, -0.2) is 9.67 Å². The number of amides is 1. The summed E-state index contributed by atoms with van der Waals surface area (Å²) in [4.78, 5) is 31.7. The number of pyridine rings is 1. The highest BCUT2D eigenvalue weighted by Crippen LogP contribution is 2.17. The van der Waals surface area contributed by atoms with Gasteiger partial charge in [0, 0.05) is 37.8 Å². The van der Waals surface area contributed by atoms with Crippen LogP contribution in [0.25, 0.3) is 10.8 Å². The Kier molecular flexibility index (Phi) is 5.21. The summed E-state index contributed by atoms with van der Waals surface area (Å²) in [5.41, 5.74) is 0.950. The Morgan fingerprint density at radius 1 is 1.15 bits per heavy atom. The van der Waals surface area contributed by atoms with Gasteiger partial charge < -0.3 is 10.2 Å². The lowest BCUT2D eigenvalue weighted by molar-refractivity contribution is 0.0945. The Morgan fingerprint density at radius 2 is 1.85 bits per heavy atom. The number of benzene rings is 1. The zero-order valence-electron chi connectivity index (χ0n) is 15.9. The van der Waals surface area contributed by atoms with Crippen molar-refractivity contribution in [2.75, 3.05) is 19.0 Å². The van der Waals surface area contributed by atoms with Gasteiger partial charge in [-0.2, -0.15) is 5.10 Å². The van der Waals surface area contributed by atoms with E-state index in [1.807, 2.05) is 45.0 Å². The molecule has 0 fully saturated rings. The molecule has 1 N–H and O–H groups in total. The summed E-state index contributed by atoms with van der Waals surface area (Å²) in [6, 6.07) is 10.7. The van der Waals surface area contributed by atoms with Gasteiger partial charge in [0.05, 0.1) is 11.4 Å². The number of nitrogens with one attached hydrogen (secondary N) is 1. The molecular weight excluding hydrogens is 342 g/mol. The molecule has 0 spiro atoms. The number of anilines is 1. The lowest BCUT2D eigenvalue weighted by Gasteiger charge is -2.17. The molecule has 0 atom stereocenters. The molecule has 0 saturated heterocycles. The normalized spacial score (nSPS) is 11.0. The number of hydrogen-bond donors (Lipinski definition) is 1. The molecule has 1 amide bonds. The number of aromatic nitrogens is 3. The van der Waals surface area contributed by atoms with Gasteiger partial charge in [0.15, 0.2) is 5.69 Å². The number of nitrogens with zero attached hydrogens (tertiary/aromatic N) is 4. The van der Waals surface area contributed by atoms with Crippen LogP contribution in [0.3, 0.4) is 0 Å². The van der Waals surface area contributed by atoms with Gasteiger partial charge in [-0.05, 0) is 26.0 Å². The molecule has 3 aromatic rings. The van der Waals surface area contributed by atoms with E-state index in [2.05, 4.69) is 15.4 Å². The Morgan fingerprint density at radius 3 is 2.52 bits per heavy atom. The number of carbonyl (C=O) groups is 1. The second kappa shape index (κ2) is 7.57. The molecule has 7 nitrogen and oxygen atoms in total. The van der Waals surface area contributed by atoms with Crippen molar-refractivity contribution in [3.05, 3.63) is 64.2 Å². The minimum absolute atomic E-state index is 0.146. The highest BCUT2D eigenvalue weighted by molar-refractivity contribution is 6.04. The first-order valence-corrected chi connectivity index (χ1v) is 8.81. The molecule has 0 aliphatic carbocycles. The molecule has 2 aromatic heterocycles. The van der Waals surface area contributed by atoms with E-state index in [-0.39, 0.29) is 23.2 Å². The van der Waals surface area contributed by atoms with Crippen LogP contribution in [0.1, 0.15) is 35.9 Å². The minimum Gasteiger partial charge on any atom is -0.362 e. The molecular formula is C20H23N5O2. The van der Waals surface area contributed by atoms with Gasteiger partial charge in [-0.1, -0.05) is 24.3 Å². The monoisotopic (exact) mass is 365 g/mol. The Hall–Kier alpha value is -3.22. The van der Waals surface area contributed by atoms with Crippen LogP contribution in [0.2, 0.25) is 0 Å². The number of fused-ring (bicyclic) bond motifs is 1. The van der Waals surface area contributed by atoms with Crippen molar-refractivity contribution in [3.8, 4) is 0 Å². The predicted octanol–water partition coefficient (Wildman–Crippen LogP) is 2.37. The minimum atomic E-state index is -0.325. The van der Waals surface area contributed by atoms with Crippen LogP contribution >= 0.6 is 0 Å². The molecule has 0 aliphatic rings. The fraction of sp³-hybridized carbons (Fsp3) is 0.300. The third-order valence-electron chi connectivity index (χ3n) is 4.26. The largest absolute Gasteiger partial charge is 0.362 e. The molecule has 0 bridgehead atoms. The van der Waals surface area contributed by atoms with Crippen LogP contribution in [-0.4, -0.2) is 34.8 Å². The fourth-order valence-corrected chi connectivity index (χ4v) is 2.95. The fourth-order valence-electron chi connectivity index (χ4n) is 2.95. The van der Waals surface area contributed by atoms with Gasteiger partial charge >= 0.3 is 0 Å². The summed E-state index contributed by atoms with van der Waals surface area (Å²) in [5, 5.41) is 8.28. The average molecular weight is 365 g/mol. The van der Waals surface area contributed by atoms with Gasteiger partial charge in [0.1, 0.15) is 5.82 Å². The maximum Gasteiger partial charge on any atom is 0.274 e. The first-order chi connectivity index (χ1) is 12.9. The second-order valence-corrected chi connectivity index (χ2v) is 6.80. The van der Waals surface area contributed by atoms with Crippen LogP contribution in [0, 0.1) is 0 Å². The summed E-state index contributed by atoms with van der Waals surface area (Å²) >= 11 is 0. The summed E-state index contributed by atoms with van der Waals surface area (Å²) in [7, 11) is 3.81. The summed E-state index contributed by atoms with van der Waals surface area (Å²) in [5.74, 6) is 0.469. The van der Waals surface area contributed by atoms with E-state index in [1.54, 1.807) is 30.5 Å². The molecule has 0 saturated carbocycles. The molecule has 2 heterocycles. The van der Waals surface area contributed by atoms with E-state index < -0.39 is 0 Å². The van der Waals surface area contributed by atoms with Crippen LogP contribution in [0.15, 0.2) is 47.4 Å². The quantitative estimate of drug-likeness (QED) is 0.751. The van der Waals surface area contributed by atoms with Crippen LogP contribution in [-0.2, 0) is 6.54 Å². The maximum absolute atomic E-state index is 12.9. The molecule has 1 aromatic carbocycles. The topological polar surface area (TPSA) is 80.1 Å². The van der Waals surface area contributed by atoms with Crippen molar-refractivity contribution in [1.29, 1.82) is 0 Å². The maximum atomic E-state index is 12.9. The van der Waals surface area contributed by atoms with Gasteiger partial charge in [0.2, 0.25) is 0 Å². The van der Waals surface area contributed by atoms with Crippen molar-refractivity contribution >= 4 is 22.5 Å². The van der Waals surface area contributed by atoms with E-state index >= 15 is 0 Å². The van der Waals surface area contributed by atoms with E-state index in [0.29, 0.717) is 17.3 Å². The molecule has 7 heteroatoms. The lowest BCUT2D eigenvalue weighted by atomic mass is 10.1. The van der Waals surface area contributed by atoms with E-state index in [9.17, 15) is 9.59 Å². The predicted molar refractivity (Wildman–Crippen MR) is 106 cm³/mol. The van der Waals surface area contributed by atoms with Crippen LogP contribution in [0.4, 0.5) is 5.82 Å². The molecule has 0 unspecified atom stereocenters. The smallest absolute Gasteiger partial charge is 0.274 e. The Labute approximate surface area is 157 Å². The number of rotatable bonds is 5. The first kappa shape index (κ1) is 18.6. The van der Waals surface area contributed by atoms with E-state index in [4.69, 9.17) is 0 Å². The van der Waals surface area contributed by atoms with Crippen molar-refractivity contribution in [3.63, 3.8) is 0 Å². The molecule has 0 radical (unpaired) electrons. The van der Waals surface area contributed by atoms with Crippen molar-refractivity contribution in [2.24, 2.45) is 0 Å². The third-order valence-corrected chi connectivity index (χ3v) is 4.26. The van der Waals surface area contributed by atoms with Gasteiger partial charge in [-0.3, -0.25) is 9.59 Å². The second-order valence-electron chi connectivity index (χ2n) is 6.80. The summed E-state index contributed by atoms with van der Waals surface area (Å²) in [6.07, 6.45) is 1.72.